The van der Waals surface area contributed by atoms with Crippen molar-refractivity contribution in [2.24, 2.45) is 11.7 Å². The normalized spacial score (nSPS) is 12.8. The molecule has 0 aliphatic rings. The molecule has 0 radical (unpaired) electrons. The van der Waals surface area contributed by atoms with E-state index in [1.54, 1.807) is 11.3 Å². The van der Waals surface area contributed by atoms with Crippen molar-refractivity contribution in [1.82, 2.24) is 5.32 Å². The predicted molar refractivity (Wildman–Crippen MR) is 73.0 cm³/mol. The van der Waals surface area contributed by atoms with Crippen molar-refractivity contribution >= 4 is 17.2 Å². The summed E-state index contributed by atoms with van der Waals surface area (Å²) in [5.74, 6) is 0.398. The Morgan fingerprint density at radius 2 is 2.06 bits per heavy atom. The van der Waals surface area contributed by atoms with Gasteiger partial charge in [-0.1, -0.05) is 20.8 Å². The summed E-state index contributed by atoms with van der Waals surface area (Å²) >= 11 is 1.74. The summed E-state index contributed by atoms with van der Waals surface area (Å²) in [5.41, 5.74) is 5.81. The second-order valence-corrected chi connectivity index (χ2v) is 5.93. The SMILES string of the molecule is CCc1ccc(CNC(=O)C(N)CC(C)C)s1. The van der Waals surface area contributed by atoms with Gasteiger partial charge >= 0.3 is 0 Å². The Morgan fingerprint density at radius 1 is 1.41 bits per heavy atom. The molecule has 1 unspecified atom stereocenters. The van der Waals surface area contributed by atoms with Crippen molar-refractivity contribution in [3.63, 3.8) is 0 Å². The molecule has 1 heterocycles. The molecule has 1 rings (SSSR count). The summed E-state index contributed by atoms with van der Waals surface area (Å²) in [5, 5.41) is 2.89. The molecule has 1 aromatic rings. The van der Waals surface area contributed by atoms with Crippen LogP contribution in [0.5, 0.6) is 0 Å². The highest BCUT2D eigenvalue weighted by molar-refractivity contribution is 7.11. The fourth-order valence-electron chi connectivity index (χ4n) is 1.63. The number of rotatable bonds is 6. The van der Waals surface area contributed by atoms with Crippen LogP contribution >= 0.6 is 11.3 Å². The first kappa shape index (κ1) is 14.2. The Morgan fingerprint density at radius 3 is 2.59 bits per heavy atom. The van der Waals surface area contributed by atoms with Gasteiger partial charge in [-0.2, -0.15) is 0 Å². The number of hydrogen-bond donors (Lipinski definition) is 2. The van der Waals surface area contributed by atoms with Crippen LogP contribution < -0.4 is 11.1 Å². The van der Waals surface area contributed by atoms with Crippen LogP contribution in [0, 0.1) is 5.92 Å². The average molecular weight is 254 g/mol. The number of carbonyl (C=O) groups excluding carboxylic acids is 1. The minimum Gasteiger partial charge on any atom is -0.350 e. The molecule has 0 saturated heterocycles. The fraction of sp³-hybridized carbons (Fsp3) is 0.615. The molecule has 17 heavy (non-hydrogen) atoms. The van der Waals surface area contributed by atoms with Crippen molar-refractivity contribution < 1.29 is 4.79 Å². The molecule has 0 aliphatic carbocycles. The molecule has 0 spiro atoms. The Kier molecular flexibility index (Phi) is 5.65. The van der Waals surface area contributed by atoms with E-state index in [9.17, 15) is 4.79 Å². The molecule has 96 valence electrons. The fourth-order valence-corrected chi connectivity index (χ4v) is 2.53. The number of carbonyl (C=O) groups is 1. The van der Waals surface area contributed by atoms with Gasteiger partial charge < -0.3 is 11.1 Å². The van der Waals surface area contributed by atoms with Gasteiger partial charge in [0.2, 0.25) is 5.91 Å². The molecule has 4 heteroatoms. The van der Waals surface area contributed by atoms with E-state index >= 15 is 0 Å². The number of thiophene rings is 1. The number of hydrogen-bond acceptors (Lipinski definition) is 3. The molecular formula is C13H22N2OS. The van der Waals surface area contributed by atoms with Crippen LogP contribution in [0.2, 0.25) is 0 Å². The molecule has 3 N–H and O–H groups in total. The first-order valence-corrected chi connectivity index (χ1v) is 6.95. The lowest BCUT2D eigenvalue weighted by molar-refractivity contribution is -0.122. The zero-order valence-electron chi connectivity index (χ0n) is 10.8. The first-order chi connectivity index (χ1) is 8.02. The first-order valence-electron chi connectivity index (χ1n) is 6.13. The highest BCUT2D eigenvalue weighted by Crippen LogP contribution is 2.16. The molecule has 1 atom stereocenters. The van der Waals surface area contributed by atoms with Gasteiger partial charge in [0.15, 0.2) is 0 Å². The van der Waals surface area contributed by atoms with Gasteiger partial charge in [0, 0.05) is 9.75 Å². The highest BCUT2D eigenvalue weighted by atomic mass is 32.1. The zero-order valence-corrected chi connectivity index (χ0v) is 11.6. The van der Waals surface area contributed by atoms with E-state index < -0.39 is 0 Å². The number of nitrogens with two attached hydrogens (primary N) is 1. The Labute approximate surface area is 107 Å². The van der Waals surface area contributed by atoms with Crippen molar-refractivity contribution in [2.45, 2.75) is 46.2 Å². The topological polar surface area (TPSA) is 55.1 Å². The van der Waals surface area contributed by atoms with E-state index in [0.29, 0.717) is 12.5 Å². The molecule has 3 nitrogen and oxygen atoms in total. The van der Waals surface area contributed by atoms with Crippen molar-refractivity contribution in [3.8, 4) is 0 Å². The van der Waals surface area contributed by atoms with Crippen molar-refractivity contribution in [3.05, 3.63) is 21.9 Å². The van der Waals surface area contributed by atoms with Gasteiger partial charge in [-0.05, 0) is 30.9 Å². The summed E-state index contributed by atoms with van der Waals surface area (Å²) in [6.45, 7) is 6.86. The van der Waals surface area contributed by atoms with Crippen molar-refractivity contribution in [1.29, 1.82) is 0 Å². The van der Waals surface area contributed by atoms with Crippen molar-refractivity contribution in [2.75, 3.05) is 0 Å². The Hall–Kier alpha value is -0.870. The van der Waals surface area contributed by atoms with Crippen LogP contribution in [0.4, 0.5) is 0 Å². The summed E-state index contributed by atoms with van der Waals surface area (Å²) in [7, 11) is 0. The van der Waals surface area contributed by atoms with Crippen LogP contribution in [-0.2, 0) is 17.8 Å². The zero-order chi connectivity index (χ0) is 12.8. The molecular weight excluding hydrogens is 232 g/mol. The summed E-state index contributed by atoms with van der Waals surface area (Å²) in [6, 6.07) is 3.79. The molecule has 1 aromatic heterocycles. The monoisotopic (exact) mass is 254 g/mol. The lowest BCUT2D eigenvalue weighted by atomic mass is 10.0. The molecule has 1 amide bonds. The smallest absolute Gasteiger partial charge is 0.237 e. The summed E-state index contributed by atoms with van der Waals surface area (Å²) in [6.07, 6.45) is 1.78. The predicted octanol–water partition coefficient (Wildman–Crippen LogP) is 2.30. The van der Waals surface area contributed by atoms with Gasteiger partial charge in [-0.25, -0.2) is 0 Å². The Bertz CT molecular complexity index is 360. The maximum atomic E-state index is 11.7. The molecule has 0 saturated carbocycles. The van der Waals surface area contributed by atoms with Crippen LogP contribution in [0.25, 0.3) is 0 Å². The second kappa shape index (κ2) is 6.77. The third-order valence-electron chi connectivity index (χ3n) is 2.56. The number of aryl methyl sites for hydroxylation is 1. The molecule has 0 aromatic carbocycles. The maximum absolute atomic E-state index is 11.7. The Balaban J connectivity index is 2.37. The van der Waals surface area contributed by atoms with E-state index in [1.807, 2.05) is 0 Å². The summed E-state index contributed by atoms with van der Waals surface area (Å²) in [4.78, 5) is 14.2. The van der Waals surface area contributed by atoms with Gasteiger partial charge in [-0.3, -0.25) is 4.79 Å². The van der Waals surface area contributed by atoms with Crippen LogP contribution in [-0.4, -0.2) is 11.9 Å². The van der Waals surface area contributed by atoms with Gasteiger partial charge in [-0.15, -0.1) is 11.3 Å². The molecule has 0 bridgehead atoms. The largest absolute Gasteiger partial charge is 0.350 e. The quantitative estimate of drug-likeness (QED) is 0.818. The van der Waals surface area contributed by atoms with Gasteiger partial charge in [0.1, 0.15) is 0 Å². The lowest BCUT2D eigenvalue weighted by Crippen LogP contribution is -2.40. The third-order valence-corrected chi connectivity index (χ3v) is 3.79. The van der Waals surface area contributed by atoms with E-state index in [0.717, 1.165) is 12.8 Å². The van der Waals surface area contributed by atoms with Gasteiger partial charge in [0.25, 0.3) is 0 Å². The molecule has 0 fully saturated rings. The minimum absolute atomic E-state index is 0.0508. The van der Waals surface area contributed by atoms with Gasteiger partial charge in [0.05, 0.1) is 12.6 Å². The minimum atomic E-state index is -0.388. The maximum Gasteiger partial charge on any atom is 0.237 e. The van der Waals surface area contributed by atoms with E-state index in [2.05, 4.69) is 38.2 Å². The lowest BCUT2D eigenvalue weighted by Gasteiger charge is -2.13. The molecule has 0 aliphatic heterocycles. The van der Waals surface area contributed by atoms with Crippen LogP contribution in [0.15, 0.2) is 12.1 Å². The summed E-state index contributed by atoms with van der Waals surface area (Å²) < 4.78 is 0. The van der Waals surface area contributed by atoms with Crippen LogP contribution in [0.3, 0.4) is 0 Å². The van der Waals surface area contributed by atoms with E-state index in [1.165, 1.54) is 9.75 Å². The number of amides is 1. The second-order valence-electron chi connectivity index (χ2n) is 4.68. The highest BCUT2D eigenvalue weighted by Gasteiger charge is 2.14. The average Bonchev–Trinajstić information content (AvgIpc) is 2.72. The van der Waals surface area contributed by atoms with E-state index in [4.69, 9.17) is 5.73 Å². The number of nitrogens with one attached hydrogen (secondary N) is 1. The third kappa shape index (κ3) is 4.88. The van der Waals surface area contributed by atoms with E-state index in [-0.39, 0.29) is 11.9 Å². The standard InChI is InChI=1S/C13H22N2OS/c1-4-10-5-6-11(17-10)8-15-13(16)12(14)7-9(2)3/h5-6,9,12H,4,7-8,14H2,1-3H3,(H,15,16). The van der Waals surface area contributed by atoms with Crippen LogP contribution in [0.1, 0.15) is 36.9 Å².